The van der Waals surface area contributed by atoms with Gasteiger partial charge in [0.05, 0.1) is 0 Å². The summed E-state index contributed by atoms with van der Waals surface area (Å²) in [6.45, 7) is 12.4. The van der Waals surface area contributed by atoms with Crippen LogP contribution in [0.5, 0.6) is 0 Å². The summed E-state index contributed by atoms with van der Waals surface area (Å²) in [6, 6.07) is -1.03. The Morgan fingerprint density at radius 1 is 0.840 bits per heavy atom. The molecule has 0 aromatic carbocycles. The SMILES string of the molecule is CC(=O)OC(NC(=O)[C@H](C)NC(=O)OC(C)(C)C)C(=O)OC(C)(C)C. The maximum atomic E-state index is 12.1. The van der Waals surface area contributed by atoms with E-state index < -0.39 is 47.4 Å². The van der Waals surface area contributed by atoms with Gasteiger partial charge in [0.25, 0.3) is 6.23 Å². The van der Waals surface area contributed by atoms with Crippen LogP contribution in [0.1, 0.15) is 55.4 Å². The van der Waals surface area contributed by atoms with Gasteiger partial charge in [0.15, 0.2) is 0 Å². The second kappa shape index (κ2) is 8.68. The Hall–Kier alpha value is -2.32. The molecule has 2 atom stereocenters. The minimum Gasteiger partial charge on any atom is -0.456 e. The lowest BCUT2D eigenvalue weighted by molar-refractivity contribution is -0.178. The van der Waals surface area contributed by atoms with Crippen LogP contribution in [0.2, 0.25) is 0 Å². The van der Waals surface area contributed by atoms with E-state index in [0.717, 1.165) is 6.92 Å². The Morgan fingerprint density at radius 3 is 1.72 bits per heavy atom. The number of amides is 2. The van der Waals surface area contributed by atoms with Crippen LogP contribution >= 0.6 is 0 Å². The molecule has 0 heterocycles. The number of rotatable bonds is 5. The molecule has 0 saturated heterocycles. The molecule has 0 bridgehead atoms. The number of alkyl carbamates (subject to hydrolysis) is 1. The molecule has 144 valence electrons. The zero-order chi connectivity index (χ0) is 20.0. The fraction of sp³-hybridized carbons (Fsp3) is 0.750. The van der Waals surface area contributed by atoms with Crippen LogP contribution in [0, 0.1) is 0 Å². The molecule has 0 aromatic heterocycles. The normalized spacial score (nSPS) is 13.9. The van der Waals surface area contributed by atoms with Crippen molar-refractivity contribution in [2.24, 2.45) is 0 Å². The van der Waals surface area contributed by atoms with E-state index in [1.54, 1.807) is 41.5 Å². The van der Waals surface area contributed by atoms with Crippen LogP contribution in [0.4, 0.5) is 4.79 Å². The highest BCUT2D eigenvalue weighted by Gasteiger charge is 2.31. The predicted molar refractivity (Wildman–Crippen MR) is 88.4 cm³/mol. The first-order chi connectivity index (χ1) is 11.1. The van der Waals surface area contributed by atoms with Gasteiger partial charge < -0.3 is 24.8 Å². The zero-order valence-corrected chi connectivity index (χ0v) is 16.0. The van der Waals surface area contributed by atoms with E-state index in [2.05, 4.69) is 10.6 Å². The molecule has 9 nitrogen and oxygen atoms in total. The van der Waals surface area contributed by atoms with E-state index in [1.165, 1.54) is 6.92 Å². The number of hydrogen-bond acceptors (Lipinski definition) is 7. The Morgan fingerprint density at radius 2 is 1.32 bits per heavy atom. The van der Waals surface area contributed by atoms with E-state index in [9.17, 15) is 19.2 Å². The van der Waals surface area contributed by atoms with Crippen LogP contribution in [0.15, 0.2) is 0 Å². The number of esters is 2. The lowest BCUT2D eigenvalue weighted by Gasteiger charge is -2.25. The summed E-state index contributed by atoms with van der Waals surface area (Å²) in [5, 5.41) is 4.53. The highest BCUT2D eigenvalue weighted by molar-refractivity contribution is 5.89. The summed E-state index contributed by atoms with van der Waals surface area (Å²) >= 11 is 0. The molecule has 0 aromatic rings. The number of hydrogen-bond donors (Lipinski definition) is 2. The van der Waals surface area contributed by atoms with Crippen molar-refractivity contribution in [3.05, 3.63) is 0 Å². The number of carbonyl (C=O) groups is 4. The van der Waals surface area contributed by atoms with Gasteiger partial charge in [-0.05, 0) is 48.5 Å². The highest BCUT2D eigenvalue weighted by Crippen LogP contribution is 2.10. The Bertz CT molecular complexity index is 518. The third-order valence-corrected chi connectivity index (χ3v) is 2.30. The van der Waals surface area contributed by atoms with Gasteiger partial charge in [0.2, 0.25) is 5.91 Å². The Kier molecular flexibility index (Phi) is 7.88. The maximum Gasteiger partial charge on any atom is 0.408 e. The minimum absolute atomic E-state index is 0.725. The lowest BCUT2D eigenvalue weighted by atomic mass is 10.2. The van der Waals surface area contributed by atoms with Gasteiger partial charge in [-0.1, -0.05) is 0 Å². The standard InChI is InChI=1S/C16H28N2O7/c1-9(17-14(22)25-16(6,7)8)11(20)18-12(23-10(2)19)13(21)24-15(3,4)5/h9,12H,1-8H3,(H,17,22)(H,18,20)/t9-,12?/m0/s1. The van der Waals surface area contributed by atoms with Gasteiger partial charge in [0, 0.05) is 6.92 Å². The molecule has 25 heavy (non-hydrogen) atoms. The fourth-order valence-electron chi connectivity index (χ4n) is 1.46. The van der Waals surface area contributed by atoms with Crippen LogP contribution in [0.25, 0.3) is 0 Å². The molecule has 0 fully saturated rings. The quantitative estimate of drug-likeness (QED) is 0.430. The van der Waals surface area contributed by atoms with E-state index in [1.807, 2.05) is 0 Å². The van der Waals surface area contributed by atoms with Crippen molar-refractivity contribution in [2.75, 3.05) is 0 Å². The molecule has 0 saturated carbocycles. The first kappa shape index (κ1) is 22.7. The molecule has 2 amide bonds. The zero-order valence-electron chi connectivity index (χ0n) is 16.0. The van der Waals surface area contributed by atoms with E-state index in [-0.39, 0.29) is 0 Å². The van der Waals surface area contributed by atoms with E-state index in [4.69, 9.17) is 14.2 Å². The smallest absolute Gasteiger partial charge is 0.408 e. The van der Waals surface area contributed by atoms with Gasteiger partial charge in [-0.3, -0.25) is 9.59 Å². The van der Waals surface area contributed by atoms with Gasteiger partial charge in [-0.15, -0.1) is 0 Å². The largest absolute Gasteiger partial charge is 0.456 e. The molecule has 0 aliphatic heterocycles. The molecule has 0 aliphatic carbocycles. The molecule has 0 rings (SSSR count). The average Bonchev–Trinajstić information content (AvgIpc) is 2.32. The molecular weight excluding hydrogens is 332 g/mol. The van der Waals surface area contributed by atoms with Gasteiger partial charge >= 0.3 is 18.0 Å². The van der Waals surface area contributed by atoms with Gasteiger partial charge in [-0.2, -0.15) is 0 Å². The second-order valence-corrected chi connectivity index (χ2v) is 7.40. The molecule has 9 heteroatoms. The third kappa shape index (κ3) is 11.0. The van der Waals surface area contributed by atoms with Crippen molar-refractivity contribution in [3.8, 4) is 0 Å². The first-order valence-electron chi connectivity index (χ1n) is 7.80. The summed E-state index contributed by atoms with van der Waals surface area (Å²) in [5.41, 5.74) is -1.56. The van der Waals surface area contributed by atoms with Crippen molar-refractivity contribution in [3.63, 3.8) is 0 Å². The average molecular weight is 360 g/mol. The Labute approximate surface area is 147 Å². The monoisotopic (exact) mass is 360 g/mol. The fourth-order valence-corrected chi connectivity index (χ4v) is 1.46. The van der Waals surface area contributed by atoms with Gasteiger partial charge in [0.1, 0.15) is 17.2 Å². The second-order valence-electron chi connectivity index (χ2n) is 7.40. The van der Waals surface area contributed by atoms with Crippen molar-refractivity contribution >= 4 is 23.9 Å². The van der Waals surface area contributed by atoms with Crippen LogP contribution in [-0.2, 0) is 28.6 Å². The van der Waals surface area contributed by atoms with E-state index >= 15 is 0 Å². The van der Waals surface area contributed by atoms with Crippen LogP contribution < -0.4 is 10.6 Å². The van der Waals surface area contributed by atoms with Crippen LogP contribution in [0.3, 0.4) is 0 Å². The van der Waals surface area contributed by atoms with Gasteiger partial charge in [-0.25, -0.2) is 9.59 Å². The predicted octanol–water partition coefficient (Wildman–Crippen LogP) is 1.25. The number of nitrogens with one attached hydrogen (secondary N) is 2. The maximum absolute atomic E-state index is 12.1. The lowest BCUT2D eigenvalue weighted by Crippen LogP contribution is -2.53. The van der Waals surface area contributed by atoms with Crippen molar-refractivity contribution < 1.29 is 33.4 Å². The number of ether oxygens (including phenoxy) is 3. The highest BCUT2D eigenvalue weighted by atomic mass is 16.6. The van der Waals surface area contributed by atoms with Crippen molar-refractivity contribution in [1.82, 2.24) is 10.6 Å². The van der Waals surface area contributed by atoms with Crippen LogP contribution in [-0.4, -0.2) is 47.4 Å². The van der Waals surface area contributed by atoms with Crippen molar-refractivity contribution in [2.45, 2.75) is 78.9 Å². The molecule has 0 radical (unpaired) electrons. The minimum atomic E-state index is -1.62. The molecule has 0 aliphatic rings. The summed E-state index contributed by atoms with van der Waals surface area (Å²) < 4.78 is 14.9. The molecule has 2 N–H and O–H groups in total. The third-order valence-electron chi connectivity index (χ3n) is 2.30. The molecule has 1 unspecified atom stereocenters. The summed E-state index contributed by atoms with van der Waals surface area (Å²) in [4.78, 5) is 47.0. The summed E-state index contributed by atoms with van der Waals surface area (Å²) in [6.07, 6.45) is -2.41. The topological polar surface area (TPSA) is 120 Å². The number of carbonyl (C=O) groups excluding carboxylic acids is 4. The summed E-state index contributed by atoms with van der Waals surface area (Å²) in [7, 11) is 0. The van der Waals surface area contributed by atoms with Crippen molar-refractivity contribution in [1.29, 1.82) is 0 Å². The first-order valence-corrected chi connectivity index (χ1v) is 7.80. The van der Waals surface area contributed by atoms with E-state index in [0.29, 0.717) is 0 Å². The molecule has 0 spiro atoms. The summed E-state index contributed by atoms with van der Waals surface area (Å²) in [5.74, 6) is -2.45. The molecular formula is C16H28N2O7. The Balaban J connectivity index is 4.87.